The van der Waals surface area contributed by atoms with Gasteiger partial charge < -0.3 is 14.7 Å². The van der Waals surface area contributed by atoms with Crippen LogP contribution in [0.25, 0.3) is 11.3 Å². The molecule has 3 aromatic rings. The van der Waals surface area contributed by atoms with Gasteiger partial charge in [-0.2, -0.15) is 18.4 Å². The van der Waals surface area contributed by atoms with Gasteiger partial charge in [0.2, 0.25) is 0 Å². The lowest BCUT2D eigenvalue weighted by atomic mass is 9.80. The van der Waals surface area contributed by atoms with E-state index in [1.807, 2.05) is 6.92 Å². The van der Waals surface area contributed by atoms with E-state index in [2.05, 4.69) is 11.0 Å². The van der Waals surface area contributed by atoms with E-state index in [4.69, 9.17) is 14.7 Å². The van der Waals surface area contributed by atoms with E-state index in [-0.39, 0.29) is 30.0 Å². The quantitative estimate of drug-likeness (QED) is 0.207. The highest BCUT2D eigenvalue weighted by Crippen LogP contribution is 2.39. The van der Waals surface area contributed by atoms with E-state index in [1.165, 1.54) is 11.0 Å². The Morgan fingerprint density at radius 2 is 1.81 bits per heavy atom. The first-order valence-electron chi connectivity index (χ1n) is 16.0. The van der Waals surface area contributed by atoms with Crippen LogP contribution < -0.4 is 4.90 Å². The van der Waals surface area contributed by atoms with Crippen LogP contribution in [0, 0.1) is 23.2 Å². The van der Waals surface area contributed by atoms with Gasteiger partial charge >= 0.3 is 18.2 Å². The van der Waals surface area contributed by atoms with Crippen LogP contribution >= 0.6 is 0 Å². The molecule has 2 aliphatic rings. The molecule has 13 heteroatoms. The molecule has 1 saturated carbocycles. The topological polar surface area (TPSA) is 120 Å². The zero-order chi connectivity index (χ0) is 34.6. The van der Waals surface area contributed by atoms with Crippen LogP contribution in [-0.4, -0.2) is 51.2 Å². The number of hydrogen-bond acceptors (Lipinski definition) is 7. The Hall–Kier alpha value is -4.73. The highest BCUT2D eigenvalue weighted by atomic mass is 19.4. The van der Waals surface area contributed by atoms with Crippen LogP contribution in [0.4, 0.5) is 28.2 Å². The highest BCUT2D eigenvalue weighted by molar-refractivity contribution is 5.71. The molecule has 1 N–H and O–H groups in total. The Morgan fingerprint density at radius 3 is 2.42 bits per heavy atom. The summed E-state index contributed by atoms with van der Waals surface area (Å²) in [6, 6.07) is 11.1. The van der Waals surface area contributed by atoms with Crippen molar-refractivity contribution in [3.63, 3.8) is 0 Å². The first-order valence-corrected chi connectivity index (χ1v) is 16.0. The average Bonchev–Trinajstić information content (AvgIpc) is 3.35. The lowest BCUT2D eigenvalue weighted by molar-refractivity contribution is -0.139. The van der Waals surface area contributed by atoms with Crippen molar-refractivity contribution in [3.8, 4) is 17.3 Å². The van der Waals surface area contributed by atoms with Gasteiger partial charge in [0, 0.05) is 25.1 Å². The van der Waals surface area contributed by atoms with Crippen molar-refractivity contribution in [2.24, 2.45) is 11.8 Å². The zero-order valence-electron chi connectivity index (χ0n) is 26.7. The molecule has 9 nitrogen and oxygen atoms in total. The Bertz CT molecular complexity index is 1670. The molecule has 1 aromatic heterocycles. The molecule has 0 spiro atoms. The van der Waals surface area contributed by atoms with Crippen LogP contribution in [-0.2, 0) is 28.9 Å². The summed E-state index contributed by atoms with van der Waals surface area (Å²) in [6.07, 6.45) is -1.35. The molecule has 2 heterocycles. The van der Waals surface area contributed by atoms with Crippen molar-refractivity contribution in [2.75, 3.05) is 18.0 Å². The summed E-state index contributed by atoms with van der Waals surface area (Å²) >= 11 is 0. The van der Waals surface area contributed by atoms with Gasteiger partial charge in [-0.05, 0) is 92.8 Å². The molecule has 1 saturated heterocycles. The van der Waals surface area contributed by atoms with Gasteiger partial charge in [-0.3, -0.25) is 9.69 Å². The Kier molecular flexibility index (Phi) is 10.5. The number of nitriles is 1. The number of cyclic esters (lactones) is 1. The van der Waals surface area contributed by atoms with Gasteiger partial charge in [-0.15, -0.1) is 0 Å². The molecule has 2 atom stereocenters. The molecule has 5 rings (SSSR count). The third-order valence-corrected chi connectivity index (χ3v) is 9.26. The third-order valence-electron chi connectivity index (χ3n) is 9.26. The SMILES string of the molecule is CCN(C[C@H]1CC[C@H](CC(=O)O)CC1)c1ncc(-c2ccc(C#N)cc2)nc1CN1C(=O)OC(c2cc(CF)cc(C(F)(F)F)c2)[C@@H]1C. The number of anilines is 1. The molecular formula is C35H37F4N5O4. The number of alkyl halides is 4. The molecule has 2 fully saturated rings. The minimum atomic E-state index is -4.71. The molecule has 1 aliphatic heterocycles. The van der Waals surface area contributed by atoms with E-state index in [1.54, 1.807) is 37.4 Å². The maximum atomic E-state index is 13.6. The smallest absolute Gasteiger partial charge is 0.416 e. The van der Waals surface area contributed by atoms with Gasteiger partial charge in [0.25, 0.3) is 0 Å². The number of amides is 1. The number of rotatable bonds is 11. The zero-order valence-corrected chi connectivity index (χ0v) is 26.7. The number of aromatic nitrogens is 2. The normalized spacial score (nSPS) is 21.1. The maximum Gasteiger partial charge on any atom is 0.416 e. The van der Waals surface area contributed by atoms with E-state index in [0.717, 1.165) is 37.8 Å². The predicted octanol–water partition coefficient (Wildman–Crippen LogP) is 7.69. The molecule has 254 valence electrons. The van der Waals surface area contributed by atoms with Crippen molar-refractivity contribution in [1.29, 1.82) is 5.26 Å². The maximum absolute atomic E-state index is 13.6. The van der Waals surface area contributed by atoms with Gasteiger partial charge in [0.05, 0.1) is 41.7 Å². The molecule has 1 aliphatic carbocycles. The number of carboxylic acid groups (broad SMARTS) is 1. The number of ether oxygens (including phenoxy) is 1. The van der Waals surface area contributed by atoms with Crippen LogP contribution in [0.3, 0.4) is 0 Å². The van der Waals surface area contributed by atoms with Crippen molar-refractivity contribution in [3.05, 3.63) is 76.6 Å². The molecular weight excluding hydrogens is 630 g/mol. The standard InChI is InChI=1S/C35H37F4N5O4/c1-3-43(19-24-6-4-22(5-7-24)14-31(45)46)33-30(42-29(18-41-33)26-10-8-23(17-40)9-11-26)20-44-21(2)32(48-34(44)47)27-12-25(16-36)13-28(15-27)35(37,38)39/h8-13,15,18,21-22,24,32H,3-7,14,16,19-20H2,1-2H3,(H,45,46)/t21-,22-,24-,32?/m0/s1. The lowest BCUT2D eigenvalue weighted by Gasteiger charge is -2.33. The molecule has 1 amide bonds. The fraction of sp³-hybridized carbons (Fsp3) is 0.457. The third kappa shape index (κ3) is 7.86. The summed E-state index contributed by atoms with van der Waals surface area (Å²) in [7, 11) is 0. The van der Waals surface area contributed by atoms with Gasteiger partial charge in [-0.1, -0.05) is 12.1 Å². The Labute approximate surface area is 276 Å². The van der Waals surface area contributed by atoms with Gasteiger partial charge in [-0.25, -0.2) is 19.2 Å². The first kappa shape index (κ1) is 34.6. The largest absolute Gasteiger partial charge is 0.481 e. The molecule has 0 radical (unpaired) electrons. The van der Waals surface area contributed by atoms with Crippen molar-refractivity contribution in [1.82, 2.24) is 14.9 Å². The summed E-state index contributed by atoms with van der Waals surface area (Å²) in [4.78, 5) is 37.7. The second kappa shape index (κ2) is 14.6. The van der Waals surface area contributed by atoms with Crippen LogP contribution in [0.15, 0.2) is 48.7 Å². The average molecular weight is 668 g/mol. The summed E-state index contributed by atoms with van der Waals surface area (Å²) in [5.41, 5.74) is 0.998. The number of carbonyl (C=O) groups is 2. The first-order chi connectivity index (χ1) is 22.9. The number of halogens is 4. The second-order valence-electron chi connectivity index (χ2n) is 12.5. The number of carboxylic acids is 1. The molecule has 2 aromatic carbocycles. The van der Waals surface area contributed by atoms with Crippen molar-refractivity contribution < 1.29 is 37.0 Å². The Balaban J connectivity index is 1.45. The van der Waals surface area contributed by atoms with E-state index < -0.39 is 42.6 Å². The molecule has 1 unspecified atom stereocenters. The number of hydrogen-bond donors (Lipinski definition) is 1. The van der Waals surface area contributed by atoms with Crippen molar-refractivity contribution in [2.45, 2.75) is 77.5 Å². The number of carbonyl (C=O) groups excluding carboxylic acids is 1. The van der Waals surface area contributed by atoms with Gasteiger partial charge in [0.15, 0.2) is 5.82 Å². The van der Waals surface area contributed by atoms with E-state index >= 15 is 0 Å². The van der Waals surface area contributed by atoms with Crippen LogP contribution in [0.2, 0.25) is 0 Å². The van der Waals surface area contributed by atoms with E-state index in [9.17, 15) is 37.5 Å². The number of aliphatic carboxylic acids is 1. The minimum Gasteiger partial charge on any atom is -0.481 e. The minimum absolute atomic E-state index is 0.0483. The molecule has 48 heavy (non-hydrogen) atoms. The monoisotopic (exact) mass is 667 g/mol. The van der Waals surface area contributed by atoms with Crippen LogP contribution in [0.5, 0.6) is 0 Å². The highest BCUT2D eigenvalue weighted by Gasteiger charge is 2.42. The fourth-order valence-electron chi connectivity index (χ4n) is 6.63. The summed E-state index contributed by atoms with van der Waals surface area (Å²) in [6.45, 7) is 3.70. The summed E-state index contributed by atoms with van der Waals surface area (Å²) < 4.78 is 60.0. The number of nitrogens with zero attached hydrogens (tertiary/aromatic N) is 5. The second-order valence-corrected chi connectivity index (χ2v) is 12.5. The number of benzene rings is 2. The van der Waals surface area contributed by atoms with Gasteiger partial charge in [0.1, 0.15) is 18.5 Å². The fourth-order valence-corrected chi connectivity index (χ4v) is 6.63. The summed E-state index contributed by atoms with van der Waals surface area (Å²) in [5, 5.41) is 18.4. The summed E-state index contributed by atoms with van der Waals surface area (Å²) in [5.74, 6) is 0.214. The molecule has 0 bridgehead atoms. The van der Waals surface area contributed by atoms with Crippen molar-refractivity contribution >= 4 is 17.9 Å². The Morgan fingerprint density at radius 1 is 1.12 bits per heavy atom. The predicted molar refractivity (Wildman–Crippen MR) is 168 cm³/mol. The lowest BCUT2D eigenvalue weighted by Crippen LogP contribution is -2.36. The van der Waals surface area contributed by atoms with Crippen LogP contribution in [0.1, 0.15) is 80.0 Å². The van der Waals surface area contributed by atoms with E-state index in [0.29, 0.717) is 47.3 Å².